The van der Waals surface area contributed by atoms with Gasteiger partial charge in [-0.2, -0.15) is 0 Å². The van der Waals surface area contributed by atoms with E-state index in [2.05, 4.69) is 38.4 Å². The molecule has 0 aromatic carbocycles. The van der Waals surface area contributed by atoms with Gasteiger partial charge in [-0.3, -0.25) is 14.7 Å². The predicted octanol–water partition coefficient (Wildman–Crippen LogP) is 3.38. The maximum absolute atomic E-state index is 12.0. The molecule has 2 atom stereocenters. The summed E-state index contributed by atoms with van der Waals surface area (Å²) in [6, 6.07) is 4.56. The molecule has 2 fully saturated rings. The Hall–Kier alpha value is -1.29. The van der Waals surface area contributed by atoms with E-state index in [1.807, 2.05) is 6.07 Å². The number of amides is 1. The van der Waals surface area contributed by atoms with Gasteiger partial charge in [0.1, 0.15) is 5.76 Å². The standard InChI is InChI=1S/C22H37N5O2.HI/c1-3-18(27-15-7-10-21(27)28)11-12-24-22(23-2)25-17-19(20-9-8-16-29-20)26-13-5-4-6-14-26;/h8-9,16,18-19H,3-7,10-15,17H2,1-2H3,(H2,23,24,25);1H. The third-order valence-corrected chi connectivity index (χ3v) is 6.18. The van der Waals surface area contributed by atoms with E-state index in [0.29, 0.717) is 18.4 Å². The van der Waals surface area contributed by atoms with Gasteiger partial charge in [0, 0.05) is 39.1 Å². The van der Waals surface area contributed by atoms with E-state index in [1.165, 1.54) is 19.3 Å². The van der Waals surface area contributed by atoms with Crippen LogP contribution in [0.25, 0.3) is 0 Å². The molecule has 1 aromatic rings. The van der Waals surface area contributed by atoms with E-state index in [4.69, 9.17) is 4.42 Å². The number of guanidine groups is 1. The second-order valence-electron chi connectivity index (χ2n) is 8.05. The molecule has 0 bridgehead atoms. The van der Waals surface area contributed by atoms with Crippen LogP contribution in [0.5, 0.6) is 0 Å². The zero-order valence-corrected chi connectivity index (χ0v) is 20.8. The summed E-state index contributed by atoms with van der Waals surface area (Å²) in [7, 11) is 1.80. The highest BCUT2D eigenvalue weighted by molar-refractivity contribution is 14.0. The molecular formula is C22H38IN5O2. The van der Waals surface area contributed by atoms with Crippen molar-refractivity contribution < 1.29 is 9.21 Å². The Morgan fingerprint density at radius 2 is 2.00 bits per heavy atom. The van der Waals surface area contributed by atoms with Crippen LogP contribution in [0.1, 0.15) is 63.7 Å². The number of nitrogens with zero attached hydrogens (tertiary/aromatic N) is 3. The van der Waals surface area contributed by atoms with Crippen LogP contribution in [0.15, 0.2) is 27.8 Å². The van der Waals surface area contributed by atoms with Crippen LogP contribution in [0.4, 0.5) is 0 Å². The molecule has 2 saturated heterocycles. The van der Waals surface area contributed by atoms with Gasteiger partial charge < -0.3 is 20.0 Å². The summed E-state index contributed by atoms with van der Waals surface area (Å²) in [5, 5.41) is 6.91. The summed E-state index contributed by atoms with van der Waals surface area (Å²) >= 11 is 0. The summed E-state index contributed by atoms with van der Waals surface area (Å²) < 4.78 is 5.73. The van der Waals surface area contributed by atoms with Crippen molar-refractivity contribution in [1.29, 1.82) is 0 Å². The number of furan rings is 1. The fourth-order valence-electron chi connectivity index (χ4n) is 4.53. The first kappa shape index (κ1) is 25.0. The molecule has 170 valence electrons. The topological polar surface area (TPSA) is 73.1 Å². The maximum Gasteiger partial charge on any atom is 0.222 e. The van der Waals surface area contributed by atoms with Crippen molar-refractivity contribution in [3.05, 3.63) is 24.2 Å². The van der Waals surface area contributed by atoms with Crippen molar-refractivity contribution in [2.45, 2.75) is 64.0 Å². The van der Waals surface area contributed by atoms with Gasteiger partial charge in [0.05, 0.1) is 12.3 Å². The van der Waals surface area contributed by atoms with Crippen molar-refractivity contribution >= 4 is 35.8 Å². The third-order valence-electron chi connectivity index (χ3n) is 6.18. The SMILES string of the molecule is CCC(CCNC(=NC)NCC(c1ccco1)N1CCCCC1)N1CCCC1=O.I. The Morgan fingerprint density at radius 1 is 1.20 bits per heavy atom. The molecule has 2 aliphatic heterocycles. The van der Waals surface area contributed by atoms with Gasteiger partial charge in [0.15, 0.2) is 5.96 Å². The summed E-state index contributed by atoms with van der Waals surface area (Å²) in [5.41, 5.74) is 0. The molecule has 2 unspecified atom stereocenters. The van der Waals surface area contributed by atoms with Crippen LogP contribution in [-0.4, -0.2) is 67.5 Å². The maximum atomic E-state index is 12.0. The molecule has 1 aromatic heterocycles. The fourth-order valence-corrected chi connectivity index (χ4v) is 4.53. The average molecular weight is 531 g/mol. The van der Waals surface area contributed by atoms with Gasteiger partial charge >= 0.3 is 0 Å². The number of carbonyl (C=O) groups is 1. The molecule has 7 nitrogen and oxygen atoms in total. The third kappa shape index (κ3) is 6.87. The zero-order chi connectivity index (χ0) is 20.5. The number of halogens is 1. The fraction of sp³-hybridized carbons (Fsp3) is 0.727. The Morgan fingerprint density at radius 3 is 2.60 bits per heavy atom. The molecular weight excluding hydrogens is 493 g/mol. The molecule has 2 aliphatic rings. The zero-order valence-electron chi connectivity index (χ0n) is 18.4. The summed E-state index contributed by atoms with van der Waals surface area (Å²) in [6.45, 7) is 6.86. The molecule has 0 aliphatic carbocycles. The Kier molecular flexibility index (Phi) is 11.0. The molecule has 1 amide bonds. The lowest BCUT2D eigenvalue weighted by Crippen LogP contribution is -2.45. The highest BCUT2D eigenvalue weighted by Crippen LogP contribution is 2.24. The normalized spacial score (nSPS) is 20.0. The largest absolute Gasteiger partial charge is 0.468 e. The van der Waals surface area contributed by atoms with Crippen LogP contribution in [0.3, 0.4) is 0 Å². The van der Waals surface area contributed by atoms with E-state index in [-0.39, 0.29) is 30.0 Å². The molecule has 0 radical (unpaired) electrons. The van der Waals surface area contributed by atoms with Crippen molar-refractivity contribution in [3.63, 3.8) is 0 Å². The lowest BCUT2D eigenvalue weighted by molar-refractivity contribution is -0.129. The molecule has 0 spiro atoms. The van der Waals surface area contributed by atoms with E-state index >= 15 is 0 Å². The number of hydrogen-bond donors (Lipinski definition) is 2. The van der Waals surface area contributed by atoms with Crippen LogP contribution in [0.2, 0.25) is 0 Å². The molecule has 0 saturated carbocycles. The molecule has 8 heteroatoms. The first-order valence-electron chi connectivity index (χ1n) is 11.2. The summed E-state index contributed by atoms with van der Waals surface area (Å²) in [6.07, 6.45) is 9.20. The van der Waals surface area contributed by atoms with Crippen molar-refractivity contribution in [2.24, 2.45) is 4.99 Å². The highest BCUT2D eigenvalue weighted by Gasteiger charge is 2.27. The van der Waals surface area contributed by atoms with Crippen LogP contribution in [0, 0.1) is 0 Å². The van der Waals surface area contributed by atoms with Crippen molar-refractivity contribution in [3.8, 4) is 0 Å². The number of carbonyl (C=O) groups excluding carboxylic acids is 1. The van der Waals surface area contributed by atoms with Gasteiger partial charge in [-0.05, 0) is 57.3 Å². The molecule has 30 heavy (non-hydrogen) atoms. The van der Waals surface area contributed by atoms with E-state index in [9.17, 15) is 4.79 Å². The Balaban J connectivity index is 0.00000320. The number of aliphatic imine (C=N–C) groups is 1. The predicted molar refractivity (Wildman–Crippen MR) is 131 cm³/mol. The van der Waals surface area contributed by atoms with Crippen LogP contribution >= 0.6 is 24.0 Å². The number of likely N-dealkylation sites (tertiary alicyclic amines) is 2. The van der Waals surface area contributed by atoms with Gasteiger partial charge in [-0.1, -0.05) is 13.3 Å². The number of piperidine rings is 1. The molecule has 3 heterocycles. The highest BCUT2D eigenvalue weighted by atomic mass is 127. The minimum atomic E-state index is 0. The minimum Gasteiger partial charge on any atom is -0.468 e. The second-order valence-corrected chi connectivity index (χ2v) is 8.05. The lowest BCUT2D eigenvalue weighted by atomic mass is 10.1. The second kappa shape index (κ2) is 13.2. The quantitative estimate of drug-likeness (QED) is 0.291. The average Bonchev–Trinajstić information content (AvgIpc) is 3.43. The van der Waals surface area contributed by atoms with Crippen molar-refractivity contribution in [1.82, 2.24) is 20.4 Å². The lowest BCUT2D eigenvalue weighted by Gasteiger charge is -2.33. The summed E-state index contributed by atoms with van der Waals surface area (Å²) in [5.74, 6) is 2.12. The minimum absolute atomic E-state index is 0. The van der Waals surface area contributed by atoms with Crippen LogP contribution < -0.4 is 10.6 Å². The van der Waals surface area contributed by atoms with Gasteiger partial charge in [-0.25, -0.2) is 0 Å². The summed E-state index contributed by atoms with van der Waals surface area (Å²) in [4.78, 5) is 21.0. The van der Waals surface area contributed by atoms with Crippen molar-refractivity contribution in [2.75, 3.05) is 39.8 Å². The number of rotatable bonds is 9. The van der Waals surface area contributed by atoms with Crippen LogP contribution in [-0.2, 0) is 4.79 Å². The molecule has 3 rings (SSSR count). The first-order valence-corrected chi connectivity index (χ1v) is 11.2. The Bertz CT molecular complexity index is 646. The molecule has 2 N–H and O–H groups in total. The van der Waals surface area contributed by atoms with Gasteiger partial charge in [-0.15, -0.1) is 24.0 Å². The first-order chi connectivity index (χ1) is 14.2. The van der Waals surface area contributed by atoms with Gasteiger partial charge in [0.25, 0.3) is 0 Å². The van der Waals surface area contributed by atoms with E-state index in [0.717, 1.165) is 63.7 Å². The van der Waals surface area contributed by atoms with E-state index < -0.39 is 0 Å². The van der Waals surface area contributed by atoms with Gasteiger partial charge in [0.2, 0.25) is 5.91 Å². The number of hydrogen-bond acceptors (Lipinski definition) is 4. The monoisotopic (exact) mass is 531 g/mol. The number of nitrogens with one attached hydrogen (secondary N) is 2. The van der Waals surface area contributed by atoms with E-state index in [1.54, 1.807) is 13.3 Å². The Labute approximate surface area is 198 Å². The smallest absolute Gasteiger partial charge is 0.222 e.